The molecule has 0 spiro atoms. The van der Waals surface area contributed by atoms with E-state index in [0.717, 1.165) is 0 Å². The number of carbonyl (C=O) groups excluding carboxylic acids is 1. The van der Waals surface area contributed by atoms with Gasteiger partial charge in [-0.2, -0.15) is 0 Å². The molecule has 4 nitrogen and oxygen atoms in total. The van der Waals surface area contributed by atoms with Crippen molar-refractivity contribution in [2.45, 2.75) is 13.8 Å². The average molecular weight is 209 g/mol. The van der Waals surface area contributed by atoms with Gasteiger partial charge in [0, 0.05) is 6.54 Å². The lowest BCUT2D eigenvalue weighted by Crippen LogP contribution is -2.23. The van der Waals surface area contributed by atoms with Crippen LogP contribution in [0.4, 0.5) is 0 Å². The zero-order chi connectivity index (χ0) is 11.3. The van der Waals surface area contributed by atoms with Crippen molar-refractivity contribution >= 4 is 5.91 Å². The summed E-state index contributed by atoms with van der Waals surface area (Å²) in [7, 11) is 0. The Morgan fingerprint density at radius 3 is 2.80 bits per heavy atom. The lowest BCUT2D eigenvalue weighted by atomic mass is 10.1. The number of phenolic OH excluding ortho intramolecular Hbond substituents is 1. The summed E-state index contributed by atoms with van der Waals surface area (Å²) in [5.74, 6) is -0.0107. The molecule has 0 aliphatic rings. The highest BCUT2D eigenvalue weighted by atomic mass is 16.5. The number of phenols is 1. The van der Waals surface area contributed by atoms with E-state index in [1.807, 2.05) is 6.92 Å². The van der Waals surface area contributed by atoms with Crippen LogP contribution in [0.25, 0.3) is 0 Å². The molecule has 0 saturated heterocycles. The van der Waals surface area contributed by atoms with Crippen molar-refractivity contribution in [3.8, 4) is 11.5 Å². The topological polar surface area (TPSA) is 58.6 Å². The van der Waals surface area contributed by atoms with Crippen LogP contribution in [0.15, 0.2) is 18.2 Å². The van der Waals surface area contributed by atoms with E-state index in [-0.39, 0.29) is 17.4 Å². The number of para-hydroxylation sites is 1. The minimum atomic E-state index is -0.239. The maximum Gasteiger partial charge on any atom is 0.255 e. The number of benzene rings is 1. The second kappa shape index (κ2) is 5.24. The van der Waals surface area contributed by atoms with Crippen LogP contribution >= 0.6 is 0 Å². The molecule has 0 fully saturated rings. The Kier molecular flexibility index (Phi) is 3.97. The Labute approximate surface area is 88.9 Å². The van der Waals surface area contributed by atoms with Gasteiger partial charge in [-0.3, -0.25) is 4.79 Å². The highest BCUT2D eigenvalue weighted by Gasteiger charge is 2.14. The zero-order valence-corrected chi connectivity index (χ0v) is 8.91. The van der Waals surface area contributed by atoms with Crippen molar-refractivity contribution < 1.29 is 14.6 Å². The SMILES string of the molecule is CCNC(=O)c1cccc(O)c1OCC. The molecule has 0 unspecified atom stereocenters. The zero-order valence-electron chi connectivity index (χ0n) is 8.91. The van der Waals surface area contributed by atoms with E-state index in [1.54, 1.807) is 19.1 Å². The third kappa shape index (κ3) is 2.62. The van der Waals surface area contributed by atoms with Gasteiger partial charge in [0.15, 0.2) is 11.5 Å². The Balaban J connectivity index is 3.04. The summed E-state index contributed by atoms with van der Waals surface area (Å²) in [5, 5.41) is 12.2. The maximum atomic E-state index is 11.6. The summed E-state index contributed by atoms with van der Waals surface area (Å²) >= 11 is 0. The normalized spacial score (nSPS) is 9.73. The van der Waals surface area contributed by atoms with E-state index in [1.165, 1.54) is 6.07 Å². The van der Waals surface area contributed by atoms with Crippen molar-refractivity contribution in [3.05, 3.63) is 23.8 Å². The third-order valence-corrected chi connectivity index (χ3v) is 1.86. The summed E-state index contributed by atoms with van der Waals surface area (Å²) < 4.78 is 5.22. The molecule has 15 heavy (non-hydrogen) atoms. The fourth-order valence-electron chi connectivity index (χ4n) is 1.26. The van der Waals surface area contributed by atoms with E-state index in [2.05, 4.69) is 5.32 Å². The minimum Gasteiger partial charge on any atom is -0.504 e. The molecule has 0 saturated carbocycles. The quantitative estimate of drug-likeness (QED) is 0.790. The van der Waals surface area contributed by atoms with Crippen molar-refractivity contribution in [3.63, 3.8) is 0 Å². The fraction of sp³-hybridized carbons (Fsp3) is 0.364. The Hall–Kier alpha value is -1.71. The molecular weight excluding hydrogens is 194 g/mol. The van der Waals surface area contributed by atoms with Gasteiger partial charge in [-0.1, -0.05) is 6.07 Å². The number of aromatic hydroxyl groups is 1. The first kappa shape index (κ1) is 11.4. The predicted octanol–water partition coefficient (Wildman–Crippen LogP) is 1.54. The van der Waals surface area contributed by atoms with Crippen molar-refractivity contribution in [2.24, 2.45) is 0 Å². The Morgan fingerprint density at radius 2 is 2.20 bits per heavy atom. The minimum absolute atomic E-state index is 0.0133. The molecule has 1 amide bonds. The summed E-state index contributed by atoms with van der Waals surface area (Å²) in [6.45, 7) is 4.58. The van der Waals surface area contributed by atoms with E-state index < -0.39 is 0 Å². The average Bonchev–Trinajstić information content (AvgIpc) is 2.21. The molecule has 0 aliphatic heterocycles. The molecule has 0 aliphatic carbocycles. The summed E-state index contributed by atoms with van der Waals surface area (Å²) in [6, 6.07) is 4.73. The lowest BCUT2D eigenvalue weighted by molar-refractivity contribution is 0.0951. The van der Waals surface area contributed by atoms with E-state index in [4.69, 9.17) is 4.74 Å². The van der Waals surface area contributed by atoms with Crippen molar-refractivity contribution in [2.75, 3.05) is 13.2 Å². The van der Waals surface area contributed by atoms with Crippen LogP contribution < -0.4 is 10.1 Å². The van der Waals surface area contributed by atoms with Gasteiger partial charge in [-0.15, -0.1) is 0 Å². The van der Waals surface area contributed by atoms with E-state index >= 15 is 0 Å². The second-order valence-corrected chi connectivity index (χ2v) is 2.95. The number of rotatable bonds is 4. The fourth-order valence-corrected chi connectivity index (χ4v) is 1.26. The highest BCUT2D eigenvalue weighted by molar-refractivity contribution is 5.97. The van der Waals surface area contributed by atoms with Gasteiger partial charge >= 0.3 is 0 Å². The maximum absolute atomic E-state index is 11.6. The molecule has 1 rings (SSSR count). The molecule has 0 aromatic heterocycles. The molecule has 0 bridgehead atoms. The number of ether oxygens (including phenoxy) is 1. The molecular formula is C11H15NO3. The largest absolute Gasteiger partial charge is 0.504 e. The standard InChI is InChI=1S/C11H15NO3/c1-3-12-11(14)8-6-5-7-9(13)10(8)15-4-2/h5-7,13H,3-4H2,1-2H3,(H,12,14). The summed E-state index contributed by atoms with van der Waals surface area (Å²) in [4.78, 5) is 11.6. The number of hydrogen-bond donors (Lipinski definition) is 2. The van der Waals surface area contributed by atoms with Crippen LogP contribution in [0.2, 0.25) is 0 Å². The smallest absolute Gasteiger partial charge is 0.255 e. The summed E-state index contributed by atoms with van der Waals surface area (Å²) in [6.07, 6.45) is 0. The van der Waals surface area contributed by atoms with Gasteiger partial charge in [0.1, 0.15) is 0 Å². The predicted molar refractivity (Wildman–Crippen MR) is 57.3 cm³/mol. The van der Waals surface area contributed by atoms with Crippen molar-refractivity contribution in [1.82, 2.24) is 5.32 Å². The van der Waals surface area contributed by atoms with Crippen molar-refractivity contribution in [1.29, 1.82) is 0 Å². The van der Waals surface area contributed by atoms with Gasteiger partial charge in [-0.25, -0.2) is 0 Å². The third-order valence-electron chi connectivity index (χ3n) is 1.86. The first-order chi connectivity index (χ1) is 7.20. The van der Waals surface area contributed by atoms with Crippen LogP contribution in [0.3, 0.4) is 0 Å². The van der Waals surface area contributed by atoms with E-state index in [9.17, 15) is 9.90 Å². The van der Waals surface area contributed by atoms with Crippen LogP contribution in [0, 0.1) is 0 Å². The number of carbonyl (C=O) groups is 1. The first-order valence-electron chi connectivity index (χ1n) is 4.93. The van der Waals surface area contributed by atoms with Gasteiger partial charge in [0.2, 0.25) is 0 Å². The molecule has 0 heterocycles. The molecule has 1 aromatic rings. The molecule has 1 aromatic carbocycles. The molecule has 2 N–H and O–H groups in total. The Bertz CT molecular complexity index is 350. The summed E-state index contributed by atoms with van der Waals surface area (Å²) in [5.41, 5.74) is 0.360. The van der Waals surface area contributed by atoms with Gasteiger partial charge < -0.3 is 15.2 Å². The number of hydrogen-bond acceptors (Lipinski definition) is 3. The van der Waals surface area contributed by atoms with Gasteiger partial charge in [0.05, 0.1) is 12.2 Å². The van der Waals surface area contributed by atoms with Crippen LogP contribution in [-0.2, 0) is 0 Å². The second-order valence-electron chi connectivity index (χ2n) is 2.95. The van der Waals surface area contributed by atoms with E-state index in [0.29, 0.717) is 18.7 Å². The molecule has 0 radical (unpaired) electrons. The molecule has 4 heteroatoms. The molecule has 82 valence electrons. The first-order valence-corrected chi connectivity index (χ1v) is 4.93. The van der Waals surface area contributed by atoms with Crippen LogP contribution in [0.1, 0.15) is 24.2 Å². The van der Waals surface area contributed by atoms with Gasteiger partial charge in [0.25, 0.3) is 5.91 Å². The highest BCUT2D eigenvalue weighted by Crippen LogP contribution is 2.29. The molecule has 0 atom stereocenters. The number of nitrogens with one attached hydrogen (secondary N) is 1. The Morgan fingerprint density at radius 1 is 1.47 bits per heavy atom. The monoisotopic (exact) mass is 209 g/mol. The van der Waals surface area contributed by atoms with Crippen LogP contribution in [0.5, 0.6) is 11.5 Å². The number of amides is 1. The van der Waals surface area contributed by atoms with Crippen LogP contribution in [-0.4, -0.2) is 24.2 Å². The lowest BCUT2D eigenvalue weighted by Gasteiger charge is -2.10. The van der Waals surface area contributed by atoms with Gasteiger partial charge in [-0.05, 0) is 26.0 Å².